The Kier molecular flexibility index (Phi) is 4.62. The molecule has 0 aliphatic heterocycles. The van der Waals surface area contributed by atoms with Gasteiger partial charge in [-0.1, -0.05) is 24.3 Å². The molecule has 3 aromatic carbocycles. The molecule has 120 valence electrons. The van der Waals surface area contributed by atoms with Gasteiger partial charge in [0.1, 0.15) is 11.5 Å². The highest BCUT2D eigenvalue weighted by Crippen LogP contribution is 2.22. The number of hydrogen-bond donors (Lipinski definition) is 0. The molecule has 0 bridgehead atoms. The first-order chi connectivity index (χ1) is 11.7. The van der Waals surface area contributed by atoms with Gasteiger partial charge in [0.25, 0.3) is 0 Å². The second-order valence-corrected chi connectivity index (χ2v) is 5.40. The smallest absolute Gasteiger partial charge is 0.185 e. The lowest BCUT2D eigenvalue weighted by atomic mass is 10.0. The first kappa shape index (κ1) is 15.8. The highest BCUT2D eigenvalue weighted by Gasteiger charge is 2.02. The molecule has 0 radical (unpaired) electrons. The van der Waals surface area contributed by atoms with Crippen molar-refractivity contribution in [3.05, 3.63) is 77.9 Å². The van der Waals surface area contributed by atoms with Gasteiger partial charge in [0.2, 0.25) is 0 Å². The predicted octanol–water partition coefficient (Wildman–Crippen LogP) is 4.75. The fourth-order valence-corrected chi connectivity index (χ4v) is 2.50. The second-order valence-electron chi connectivity index (χ2n) is 5.40. The van der Waals surface area contributed by atoms with Crippen molar-refractivity contribution >= 4 is 22.6 Å². The molecule has 3 rings (SSSR count). The maximum absolute atomic E-state index is 12.2. The summed E-state index contributed by atoms with van der Waals surface area (Å²) in [6.45, 7) is 0. The van der Waals surface area contributed by atoms with Gasteiger partial charge < -0.3 is 9.47 Å². The number of ketones is 1. The molecular formula is C21H18O3. The van der Waals surface area contributed by atoms with E-state index in [9.17, 15) is 4.79 Å². The van der Waals surface area contributed by atoms with E-state index in [4.69, 9.17) is 9.47 Å². The summed E-state index contributed by atoms with van der Waals surface area (Å²) in [5.41, 5.74) is 1.62. The predicted molar refractivity (Wildman–Crippen MR) is 96.9 cm³/mol. The van der Waals surface area contributed by atoms with Gasteiger partial charge in [0, 0.05) is 5.56 Å². The van der Waals surface area contributed by atoms with E-state index in [1.165, 1.54) is 0 Å². The largest absolute Gasteiger partial charge is 0.497 e. The van der Waals surface area contributed by atoms with Gasteiger partial charge >= 0.3 is 0 Å². The monoisotopic (exact) mass is 318 g/mol. The van der Waals surface area contributed by atoms with Gasteiger partial charge in [-0.3, -0.25) is 4.79 Å². The molecule has 0 saturated heterocycles. The van der Waals surface area contributed by atoms with Gasteiger partial charge in [-0.05, 0) is 64.9 Å². The molecule has 0 amide bonds. The fourth-order valence-electron chi connectivity index (χ4n) is 2.50. The zero-order chi connectivity index (χ0) is 16.9. The third-order valence-electron chi connectivity index (χ3n) is 3.87. The van der Waals surface area contributed by atoms with Crippen molar-refractivity contribution < 1.29 is 14.3 Å². The van der Waals surface area contributed by atoms with Crippen LogP contribution in [0.1, 0.15) is 15.9 Å². The molecule has 3 aromatic rings. The molecule has 0 heterocycles. The number of carbonyl (C=O) groups excluding carboxylic acids is 1. The van der Waals surface area contributed by atoms with Crippen LogP contribution < -0.4 is 9.47 Å². The number of hydrogen-bond acceptors (Lipinski definition) is 3. The lowest BCUT2D eigenvalue weighted by molar-refractivity contribution is 0.104. The summed E-state index contributed by atoms with van der Waals surface area (Å²) in [4.78, 5) is 12.2. The van der Waals surface area contributed by atoms with Crippen LogP contribution in [0.5, 0.6) is 11.5 Å². The Morgan fingerprint density at radius 2 is 1.42 bits per heavy atom. The van der Waals surface area contributed by atoms with Gasteiger partial charge in [0.15, 0.2) is 5.78 Å². The number of benzene rings is 3. The first-order valence-electron chi connectivity index (χ1n) is 7.64. The van der Waals surface area contributed by atoms with Crippen molar-refractivity contribution in [1.29, 1.82) is 0 Å². The zero-order valence-electron chi connectivity index (χ0n) is 13.7. The number of methoxy groups -OCH3 is 2. The maximum atomic E-state index is 12.2. The van der Waals surface area contributed by atoms with Crippen LogP contribution >= 0.6 is 0 Å². The molecule has 0 unspecified atom stereocenters. The van der Waals surface area contributed by atoms with E-state index in [0.717, 1.165) is 27.8 Å². The first-order valence-corrected chi connectivity index (χ1v) is 7.64. The van der Waals surface area contributed by atoms with E-state index in [0.29, 0.717) is 5.56 Å². The minimum atomic E-state index is -0.0347. The number of ether oxygens (including phenoxy) is 2. The molecule has 0 N–H and O–H groups in total. The molecule has 3 heteroatoms. The Hall–Kier alpha value is -3.07. The van der Waals surface area contributed by atoms with Crippen molar-refractivity contribution in [2.75, 3.05) is 14.2 Å². The van der Waals surface area contributed by atoms with Gasteiger partial charge in [-0.15, -0.1) is 0 Å². The van der Waals surface area contributed by atoms with Crippen LogP contribution in [-0.2, 0) is 0 Å². The Labute approximate surface area is 141 Å². The van der Waals surface area contributed by atoms with E-state index >= 15 is 0 Å². The average molecular weight is 318 g/mol. The maximum Gasteiger partial charge on any atom is 0.185 e. The second kappa shape index (κ2) is 7.01. The van der Waals surface area contributed by atoms with Crippen LogP contribution in [0, 0.1) is 0 Å². The number of fused-ring (bicyclic) bond motifs is 1. The lowest BCUT2D eigenvalue weighted by Gasteiger charge is -2.03. The summed E-state index contributed by atoms with van der Waals surface area (Å²) in [5.74, 6) is 1.54. The molecule has 24 heavy (non-hydrogen) atoms. The van der Waals surface area contributed by atoms with E-state index in [1.807, 2.05) is 42.5 Å². The van der Waals surface area contributed by atoms with Crippen molar-refractivity contribution in [2.45, 2.75) is 0 Å². The molecule has 0 fully saturated rings. The average Bonchev–Trinajstić information content (AvgIpc) is 2.65. The van der Waals surface area contributed by atoms with Crippen molar-refractivity contribution in [1.82, 2.24) is 0 Å². The van der Waals surface area contributed by atoms with Crippen LogP contribution in [0.15, 0.2) is 66.7 Å². The summed E-state index contributed by atoms with van der Waals surface area (Å²) >= 11 is 0. The normalized spacial score (nSPS) is 10.9. The fraction of sp³-hybridized carbons (Fsp3) is 0.0952. The quantitative estimate of drug-likeness (QED) is 0.503. The molecule has 0 atom stereocenters. The third-order valence-corrected chi connectivity index (χ3v) is 3.87. The van der Waals surface area contributed by atoms with Crippen LogP contribution in [0.3, 0.4) is 0 Å². The highest BCUT2D eigenvalue weighted by atomic mass is 16.5. The SMILES string of the molecule is COc1ccc(C(=O)C=Cc2ccc3cc(OC)ccc3c2)cc1. The molecule has 0 aromatic heterocycles. The molecular weight excluding hydrogens is 300 g/mol. The Balaban J connectivity index is 1.80. The summed E-state index contributed by atoms with van der Waals surface area (Å²) in [6.07, 6.45) is 3.42. The van der Waals surface area contributed by atoms with Crippen molar-refractivity contribution in [2.24, 2.45) is 0 Å². The van der Waals surface area contributed by atoms with Crippen LogP contribution in [-0.4, -0.2) is 20.0 Å². The standard InChI is InChI=1S/C21H18O3/c1-23-19-9-6-16(7-10-19)21(22)12-4-15-3-5-18-14-20(24-2)11-8-17(18)13-15/h3-14H,1-2H3. The van der Waals surface area contributed by atoms with Crippen LogP contribution in [0.2, 0.25) is 0 Å². The van der Waals surface area contributed by atoms with E-state index in [2.05, 4.69) is 0 Å². The van der Waals surface area contributed by atoms with Gasteiger partial charge in [-0.2, -0.15) is 0 Å². The molecule has 0 spiro atoms. The topological polar surface area (TPSA) is 35.5 Å². The highest BCUT2D eigenvalue weighted by molar-refractivity contribution is 6.07. The summed E-state index contributed by atoms with van der Waals surface area (Å²) in [5, 5.41) is 2.21. The number of rotatable bonds is 5. The minimum absolute atomic E-state index is 0.0347. The summed E-state index contributed by atoms with van der Waals surface area (Å²) in [7, 11) is 3.26. The number of allylic oxidation sites excluding steroid dienone is 1. The minimum Gasteiger partial charge on any atom is -0.497 e. The van der Waals surface area contributed by atoms with E-state index < -0.39 is 0 Å². The van der Waals surface area contributed by atoms with Crippen LogP contribution in [0.25, 0.3) is 16.8 Å². The lowest BCUT2D eigenvalue weighted by Crippen LogP contribution is -1.94. The van der Waals surface area contributed by atoms with Gasteiger partial charge in [-0.25, -0.2) is 0 Å². The summed E-state index contributed by atoms with van der Waals surface area (Å²) in [6, 6.07) is 19.1. The van der Waals surface area contributed by atoms with E-state index in [-0.39, 0.29) is 5.78 Å². The van der Waals surface area contributed by atoms with Crippen molar-refractivity contribution in [3.8, 4) is 11.5 Å². The van der Waals surface area contributed by atoms with E-state index in [1.54, 1.807) is 44.6 Å². The Morgan fingerprint density at radius 3 is 2.12 bits per heavy atom. The van der Waals surface area contributed by atoms with Crippen molar-refractivity contribution in [3.63, 3.8) is 0 Å². The van der Waals surface area contributed by atoms with Gasteiger partial charge in [0.05, 0.1) is 14.2 Å². The molecule has 0 aliphatic rings. The summed E-state index contributed by atoms with van der Waals surface area (Å²) < 4.78 is 10.3. The Bertz CT molecular complexity index is 893. The third kappa shape index (κ3) is 3.46. The zero-order valence-corrected chi connectivity index (χ0v) is 13.7. The molecule has 0 aliphatic carbocycles. The molecule has 0 saturated carbocycles. The Morgan fingerprint density at radius 1 is 0.792 bits per heavy atom. The van der Waals surface area contributed by atoms with Crippen LogP contribution in [0.4, 0.5) is 0 Å². The number of carbonyl (C=O) groups is 1. The molecule has 3 nitrogen and oxygen atoms in total.